The fourth-order valence-electron chi connectivity index (χ4n) is 2.39. The van der Waals surface area contributed by atoms with Gasteiger partial charge in [-0.15, -0.1) is 0 Å². The average Bonchev–Trinajstić information content (AvgIpc) is 1.99. The van der Waals surface area contributed by atoms with Crippen LogP contribution in [0.1, 0.15) is 47.0 Å². The Balaban J connectivity index is 2.61. The molecule has 0 aliphatic heterocycles. The molecule has 0 aromatic heterocycles. The van der Waals surface area contributed by atoms with Crippen molar-refractivity contribution in [2.75, 3.05) is 0 Å². The van der Waals surface area contributed by atoms with Crippen LogP contribution in [0.3, 0.4) is 0 Å². The van der Waals surface area contributed by atoms with Crippen molar-refractivity contribution in [2.45, 2.75) is 52.6 Å². The Labute approximate surface area is 93.9 Å². The molecule has 15 heavy (non-hydrogen) atoms. The maximum absolute atomic E-state index is 10.4. The highest BCUT2D eigenvalue weighted by Crippen LogP contribution is 2.31. The fraction of sp³-hybridized carbons (Fsp3) is 0.714. The fourth-order valence-corrected chi connectivity index (χ4v) is 2.39. The number of aliphatic hydroxyl groups is 1. The number of hydrogen-bond acceptors (Lipinski definition) is 1. The molecule has 1 heteroatoms. The van der Waals surface area contributed by atoms with Gasteiger partial charge in [0.15, 0.2) is 0 Å². The van der Waals surface area contributed by atoms with Gasteiger partial charge in [-0.25, -0.2) is 0 Å². The summed E-state index contributed by atoms with van der Waals surface area (Å²) in [6.45, 7) is 8.76. The molecule has 0 aromatic carbocycles. The van der Waals surface area contributed by atoms with Gasteiger partial charge in [-0.05, 0) is 24.7 Å². The Hall–Kier alpha value is -0.560. The van der Waals surface area contributed by atoms with Crippen molar-refractivity contribution >= 4 is 0 Å². The SMILES string of the molecule is CC(C)CC1=CC=CC(O)(CC(C)C)C1. The molecule has 1 nitrogen and oxygen atoms in total. The van der Waals surface area contributed by atoms with Crippen LogP contribution < -0.4 is 0 Å². The van der Waals surface area contributed by atoms with Gasteiger partial charge in [-0.2, -0.15) is 0 Å². The van der Waals surface area contributed by atoms with E-state index < -0.39 is 5.60 Å². The summed E-state index contributed by atoms with van der Waals surface area (Å²) in [6, 6.07) is 0. The molecule has 1 rings (SSSR count). The summed E-state index contributed by atoms with van der Waals surface area (Å²) in [5, 5.41) is 10.4. The second-order valence-corrected chi connectivity index (χ2v) is 5.66. The van der Waals surface area contributed by atoms with Crippen LogP contribution in [0.5, 0.6) is 0 Å². The maximum atomic E-state index is 10.4. The van der Waals surface area contributed by atoms with Crippen LogP contribution in [0.25, 0.3) is 0 Å². The molecule has 1 unspecified atom stereocenters. The van der Waals surface area contributed by atoms with Crippen molar-refractivity contribution < 1.29 is 5.11 Å². The molecule has 0 heterocycles. The van der Waals surface area contributed by atoms with Gasteiger partial charge < -0.3 is 5.11 Å². The Morgan fingerprint density at radius 3 is 2.47 bits per heavy atom. The number of rotatable bonds is 4. The summed E-state index contributed by atoms with van der Waals surface area (Å²) in [5.74, 6) is 1.21. The molecule has 1 atom stereocenters. The molecule has 1 aliphatic rings. The Bertz CT molecular complexity index is 261. The molecular formula is C14H24O. The first-order valence-electron chi connectivity index (χ1n) is 6.01. The highest BCUT2D eigenvalue weighted by molar-refractivity contribution is 5.25. The molecule has 0 radical (unpaired) electrons. The zero-order chi connectivity index (χ0) is 11.5. The Kier molecular flexibility index (Phi) is 4.15. The topological polar surface area (TPSA) is 20.2 Å². The molecule has 86 valence electrons. The number of allylic oxidation sites excluding steroid dienone is 2. The Morgan fingerprint density at radius 1 is 1.27 bits per heavy atom. The van der Waals surface area contributed by atoms with Crippen LogP contribution in [-0.4, -0.2) is 10.7 Å². The van der Waals surface area contributed by atoms with E-state index in [0.717, 1.165) is 19.3 Å². The third kappa shape index (κ3) is 4.21. The summed E-state index contributed by atoms with van der Waals surface area (Å²) >= 11 is 0. The molecule has 0 saturated heterocycles. The van der Waals surface area contributed by atoms with Gasteiger partial charge in [0.2, 0.25) is 0 Å². The average molecular weight is 208 g/mol. The smallest absolute Gasteiger partial charge is 0.0870 e. The van der Waals surface area contributed by atoms with Crippen molar-refractivity contribution in [1.82, 2.24) is 0 Å². The van der Waals surface area contributed by atoms with E-state index in [0.29, 0.717) is 11.8 Å². The third-order valence-corrected chi connectivity index (χ3v) is 2.70. The van der Waals surface area contributed by atoms with Crippen LogP contribution in [0.2, 0.25) is 0 Å². The predicted molar refractivity (Wildman–Crippen MR) is 65.7 cm³/mol. The minimum absolute atomic E-state index is 0.540. The van der Waals surface area contributed by atoms with Gasteiger partial charge in [-0.3, -0.25) is 0 Å². The van der Waals surface area contributed by atoms with E-state index in [9.17, 15) is 5.11 Å². The van der Waals surface area contributed by atoms with E-state index in [4.69, 9.17) is 0 Å². The molecule has 0 spiro atoms. The van der Waals surface area contributed by atoms with Crippen LogP contribution in [0.15, 0.2) is 23.8 Å². The lowest BCUT2D eigenvalue weighted by Gasteiger charge is -2.30. The van der Waals surface area contributed by atoms with Crippen molar-refractivity contribution in [1.29, 1.82) is 0 Å². The van der Waals surface area contributed by atoms with Crippen molar-refractivity contribution in [2.24, 2.45) is 11.8 Å². The second-order valence-electron chi connectivity index (χ2n) is 5.66. The lowest BCUT2D eigenvalue weighted by atomic mass is 9.81. The van der Waals surface area contributed by atoms with E-state index in [1.807, 2.05) is 12.2 Å². The molecule has 0 amide bonds. The summed E-state index contributed by atoms with van der Waals surface area (Å²) in [5.41, 5.74) is 0.795. The Morgan fingerprint density at radius 2 is 1.93 bits per heavy atom. The summed E-state index contributed by atoms with van der Waals surface area (Å²) in [7, 11) is 0. The molecular weight excluding hydrogens is 184 g/mol. The molecule has 1 N–H and O–H groups in total. The first-order chi connectivity index (χ1) is 6.91. The quantitative estimate of drug-likeness (QED) is 0.747. The monoisotopic (exact) mass is 208 g/mol. The lowest BCUT2D eigenvalue weighted by molar-refractivity contribution is 0.0659. The molecule has 0 bridgehead atoms. The highest BCUT2D eigenvalue weighted by atomic mass is 16.3. The van der Waals surface area contributed by atoms with Gasteiger partial charge in [0.25, 0.3) is 0 Å². The summed E-state index contributed by atoms with van der Waals surface area (Å²) < 4.78 is 0. The van der Waals surface area contributed by atoms with Crippen molar-refractivity contribution in [3.63, 3.8) is 0 Å². The van der Waals surface area contributed by atoms with E-state index in [-0.39, 0.29) is 0 Å². The second kappa shape index (κ2) is 4.98. The van der Waals surface area contributed by atoms with Crippen LogP contribution >= 0.6 is 0 Å². The third-order valence-electron chi connectivity index (χ3n) is 2.70. The zero-order valence-electron chi connectivity index (χ0n) is 10.5. The zero-order valence-corrected chi connectivity index (χ0v) is 10.5. The van der Waals surface area contributed by atoms with Gasteiger partial charge in [0, 0.05) is 6.42 Å². The van der Waals surface area contributed by atoms with Crippen LogP contribution in [0, 0.1) is 11.8 Å². The minimum Gasteiger partial charge on any atom is -0.385 e. The summed E-state index contributed by atoms with van der Waals surface area (Å²) in [6.07, 6.45) is 8.92. The van der Waals surface area contributed by atoms with E-state index in [2.05, 4.69) is 33.8 Å². The molecule has 0 fully saturated rings. The van der Waals surface area contributed by atoms with Gasteiger partial charge in [0.05, 0.1) is 5.60 Å². The lowest BCUT2D eigenvalue weighted by Crippen LogP contribution is -2.30. The maximum Gasteiger partial charge on any atom is 0.0870 e. The first-order valence-corrected chi connectivity index (χ1v) is 6.01. The molecule has 1 aliphatic carbocycles. The van der Waals surface area contributed by atoms with Crippen LogP contribution in [0.4, 0.5) is 0 Å². The normalized spacial score (nSPS) is 26.2. The number of hydrogen-bond donors (Lipinski definition) is 1. The minimum atomic E-state index is -0.590. The van der Waals surface area contributed by atoms with E-state index in [1.165, 1.54) is 5.57 Å². The molecule has 0 aromatic rings. The summed E-state index contributed by atoms with van der Waals surface area (Å²) in [4.78, 5) is 0. The van der Waals surface area contributed by atoms with Crippen molar-refractivity contribution in [3.8, 4) is 0 Å². The largest absolute Gasteiger partial charge is 0.385 e. The standard InChI is InChI=1S/C14H24O/c1-11(2)8-13-6-5-7-14(15,10-13)9-12(3)4/h5-7,11-12,15H,8-10H2,1-4H3. The first kappa shape index (κ1) is 12.5. The van der Waals surface area contributed by atoms with Crippen LogP contribution in [-0.2, 0) is 0 Å². The van der Waals surface area contributed by atoms with E-state index in [1.54, 1.807) is 0 Å². The van der Waals surface area contributed by atoms with Gasteiger partial charge in [-0.1, -0.05) is 51.5 Å². The molecule has 0 saturated carbocycles. The highest BCUT2D eigenvalue weighted by Gasteiger charge is 2.27. The van der Waals surface area contributed by atoms with E-state index >= 15 is 0 Å². The van der Waals surface area contributed by atoms with Crippen molar-refractivity contribution in [3.05, 3.63) is 23.8 Å². The van der Waals surface area contributed by atoms with Gasteiger partial charge in [0.1, 0.15) is 0 Å². The van der Waals surface area contributed by atoms with Gasteiger partial charge >= 0.3 is 0 Å². The predicted octanol–water partition coefficient (Wildman–Crippen LogP) is 3.70.